The number of likely N-dealkylation sites (tertiary alicyclic amines) is 1. The molecule has 2 aromatic rings. The van der Waals surface area contributed by atoms with Crippen LogP contribution in [0.4, 0.5) is 10.5 Å². The SMILES string of the molecule is Cc1ccc(C(=O)NCCCN(C)C)c(C2CCN(C(=O)Nc3cccc(Cl)c3)CC2)n1. The van der Waals surface area contributed by atoms with Crippen LogP contribution >= 0.6 is 11.6 Å². The smallest absolute Gasteiger partial charge is 0.321 e. The number of urea groups is 1. The fourth-order valence-electron chi connectivity index (χ4n) is 3.90. The zero-order valence-corrected chi connectivity index (χ0v) is 19.8. The van der Waals surface area contributed by atoms with Gasteiger partial charge >= 0.3 is 6.03 Å². The first-order valence-electron chi connectivity index (χ1n) is 11.1. The molecular weight excluding hydrogens is 426 g/mol. The van der Waals surface area contributed by atoms with Gasteiger partial charge in [-0.15, -0.1) is 0 Å². The number of carbonyl (C=O) groups is 2. The number of aryl methyl sites for hydroxylation is 1. The average Bonchev–Trinajstić information content (AvgIpc) is 2.76. The number of nitrogens with one attached hydrogen (secondary N) is 2. The van der Waals surface area contributed by atoms with E-state index in [1.54, 1.807) is 23.1 Å². The Labute approximate surface area is 195 Å². The van der Waals surface area contributed by atoms with Gasteiger partial charge in [-0.3, -0.25) is 9.78 Å². The Balaban J connectivity index is 1.60. The Morgan fingerprint density at radius 1 is 1.19 bits per heavy atom. The number of nitrogens with zero attached hydrogens (tertiary/aromatic N) is 3. The first-order valence-corrected chi connectivity index (χ1v) is 11.4. The monoisotopic (exact) mass is 457 g/mol. The summed E-state index contributed by atoms with van der Waals surface area (Å²) in [6, 6.07) is 10.7. The van der Waals surface area contributed by atoms with Crippen LogP contribution in [0, 0.1) is 6.92 Å². The lowest BCUT2D eigenvalue weighted by molar-refractivity contribution is 0.0949. The quantitative estimate of drug-likeness (QED) is 0.612. The highest BCUT2D eigenvalue weighted by Gasteiger charge is 2.28. The molecule has 0 bridgehead atoms. The van der Waals surface area contributed by atoms with E-state index in [9.17, 15) is 9.59 Å². The first-order chi connectivity index (χ1) is 15.3. The summed E-state index contributed by atoms with van der Waals surface area (Å²) in [5.74, 6) is 0.0695. The molecule has 1 aliphatic heterocycles. The number of aromatic nitrogens is 1. The van der Waals surface area contributed by atoms with E-state index >= 15 is 0 Å². The normalized spacial score (nSPS) is 14.5. The largest absolute Gasteiger partial charge is 0.352 e. The van der Waals surface area contributed by atoms with Crippen LogP contribution in [0.15, 0.2) is 36.4 Å². The van der Waals surface area contributed by atoms with E-state index in [0.717, 1.165) is 37.2 Å². The Kier molecular flexibility index (Phi) is 8.47. The van der Waals surface area contributed by atoms with E-state index in [4.69, 9.17) is 16.6 Å². The molecule has 0 spiro atoms. The zero-order valence-electron chi connectivity index (χ0n) is 19.0. The van der Waals surface area contributed by atoms with Crippen molar-refractivity contribution in [3.63, 3.8) is 0 Å². The van der Waals surface area contributed by atoms with Gasteiger partial charge in [-0.25, -0.2) is 4.79 Å². The number of anilines is 1. The van der Waals surface area contributed by atoms with Gasteiger partial charge in [-0.2, -0.15) is 0 Å². The summed E-state index contributed by atoms with van der Waals surface area (Å²) < 4.78 is 0. The molecule has 1 aromatic carbocycles. The molecule has 0 atom stereocenters. The van der Waals surface area contributed by atoms with Crippen molar-refractivity contribution in [2.75, 3.05) is 45.6 Å². The van der Waals surface area contributed by atoms with Crippen LogP contribution in [0.1, 0.15) is 46.9 Å². The second-order valence-corrected chi connectivity index (χ2v) is 8.94. The molecule has 0 saturated carbocycles. The minimum atomic E-state index is -0.137. The lowest BCUT2D eigenvalue weighted by Crippen LogP contribution is -2.41. The standard InChI is InChI=1S/C24H32ClN5O2/c1-17-8-9-21(23(31)26-12-5-13-29(2)3)22(27-17)18-10-14-30(15-11-18)24(32)28-20-7-4-6-19(25)16-20/h4,6-9,16,18H,5,10-15H2,1-3H3,(H,26,31)(H,28,32). The molecule has 2 N–H and O–H groups in total. The summed E-state index contributed by atoms with van der Waals surface area (Å²) in [6.45, 7) is 4.71. The van der Waals surface area contributed by atoms with Crippen molar-refractivity contribution in [2.45, 2.75) is 32.1 Å². The highest BCUT2D eigenvalue weighted by Crippen LogP contribution is 2.30. The van der Waals surface area contributed by atoms with Crippen molar-refractivity contribution in [3.05, 3.63) is 58.4 Å². The van der Waals surface area contributed by atoms with E-state index in [2.05, 4.69) is 15.5 Å². The van der Waals surface area contributed by atoms with Gasteiger partial charge in [-0.05, 0) is 77.2 Å². The van der Waals surface area contributed by atoms with Crippen molar-refractivity contribution < 1.29 is 9.59 Å². The predicted molar refractivity (Wildman–Crippen MR) is 128 cm³/mol. The van der Waals surface area contributed by atoms with Crippen LogP contribution < -0.4 is 10.6 Å². The molecule has 0 aliphatic carbocycles. The highest BCUT2D eigenvalue weighted by atomic mass is 35.5. The third-order valence-corrected chi connectivity index (χ3v) is 5.86. The topological polar surface area (TPSA) is 77.6 Å². The van der Waals surface area contributed by atoms with Crippen molar-refractivity contribution >= 4 is 29.2 Å². The molecule has 32 heavy (non-hydrogen) atoms. The molecule has 0 unspecified atom stereocenters. The Morgan fingerprint density at radius 2 is 1.94 bits per heavy atom. The lowest BCUT2D eigenvalue weighted by atomic mass is 9.90. The third-order valence-electron chi connectivity index (χ3n) is 5.62. The van der Waals surface area contributed by atoms with Crippen LogP contribution in [-0.4, -0.2) is 67.0 Å². The van der Waals surface area contributed by atoms with Crippen molar-refractivity contribution in [1.29, 1.82) is 0 Å². The van der Waals surface area contributed by atoms with Gasteiger partial charge in [0, 0.05) is 42.0 Å². The maximum Gasteiger partial charge on any atom is 0.321 e. The number of halogens is 1. The molecule has 8 heteroatoms. The Hall–Kier alpha value is -2.64. The van der Waals surface area contributed by atoms with Crippen LogP contribution in [0.25, 0.3) is 0 Å². The molecule has 1 aliphatic rings. The second-order valence-electron chi connectivity index (χ2n) is 8.50. The van der Waals surface area contributed by atoms with E-state index in [-0.39, 0.29) is 17.9 Å². The fourth-order valence-corrected chi connectivity index (χ4v) is 4.09. The van der Waals surface area contributed by atoms with Gasteiger partial charge in [0.1, 0.15) is 0 Å². The van der Waals surface area contributed by atoms with Gasteiger partial charge in [0.15, 0.2) is 0 Å². The predicted octanol–water partition coefficient (Wildman–Crippen LogP) is 4.14. The number of piperidine rings is 1. The molecule has 2 heterocycles. The summed E-state index contributed by atoms with van der Waals surface area (Å²) in [5.41, 5.74) is 3.05. The Bertz CT molecular complexity index is 942. The van der Waals surface area contributed by atoms with Gasteiger partial charge in [-0.1, -0.05) is 17.7 Å². The third kappa shape index (κ3) is 6.68. The van der Waals surface area contributed by atoms with Gasteiger partial charge < -0.3 is 20.4 Å². The van der Waals surface area contributed by atoms with Gasteiger partial charge in [0.2, 0.25) is 0 Å². The van der Waals surface area contributed by atoms with Crippen LogP contribution in [0.5, 0.6) is 0 Å². The molecule has 3 amide bonds. The number of rotatable bonds is 7. The van der Waals surface area contributed by atoms with Crippen molar-refractivity contribution in [2.24, 2.45) is 0 Å². The molecule has 172 valence electrons. The maximum atomic E-state index is 12.8. The van der Waals surface area contributed by atoms with Crippen molar-refractivity contribution in [1.82, 2.24) is 20.1 Å². The fraction of sp³-hybridized carbons (Fsp3) is 0.458. The number of benzene rings is 1. The Morgan fingerprint density at radius 3 is 2.62 bits per heavy atom. The van der Waals surface area contributed by atoms with Gasteiger partial charge in [0.05, 0.1) is 11.3 Å². The number of hydrogen-bond donors (Lipinski definition) is 2. The van der Waals surface area contributed by atoms with Gasteiger partial charge in [0.25, 0.3) is 5.91 Å². The summed E-state index contributed by atoms with van der Waals surface area (Å²) >= 11 is 6.00. The number of pyridine rings is 1. The summed E-state index contributed by atoms with van der Waals surface area (Å²) in [7, 11) is 4.04. The molecule has 7 nitrogen and oxygen atoms in total. The van der Waals surface area contributed by atoms with E-state index in [0.29, 0.717) is 35.9 Å². The minimum absolute atomic E-state index is 0.0765. The van der Waals surface area contributed by atoms with Crippen molar-refractivity contribution in [3.8, 4) is 0 Å². The maximum absolute atomic E-state index is 12.8. The number of carbonyl (C=O) groups excluding carboxylic acids is 2. The summed E-state index contributed by atoms with van der Waals surface area (Å²) in [4.78, 5) is 34.1. The zero-order chi connectivity index (χ0) is 23.1. The minimum Gasteiger partial charge on any atom is -0.352 e. The molecular formula is C24H32ClN5O2. The van der Waals surface area contributed by atoms with Crippen LogP contribution in [0.2, 0.25) is 5.02 Å². The molecule has 0 radical (unpaired) electrons. The molecule has 1 fully saturated rings. The summed E-state index contributed by atoms with van der Waals surface area (Å²) in [6.07, 6.45) is 2.42. The highest BCUT2D eigenvalue weighted by molar-refractivity contribution is 6.30. The van der Waals surface area contributed by atoms with E-state index in [1.165, 1.54) is 0 Å². The van der Waals surface area contributed by atoms with E-state index < -0.39 is 0 Å². The average molecular weight is 458 g/mol. The number of amides is 3. The second kappa shape index (κ2) is 11.3. The molecule has 3 rings (SSSR count). The lowest BCUT2D eigenvalue weighted by Gasteiger charge is -2.32. The van der Waals surface area contributed by atoms with Crippen LogP contribution in [0.3, 0.4) is 0 Å². The molecule has 1 saturated heterocycles. The van der Waals surface area contributed by atoms with E-state index in [1.807, 2.05) is 39.2 Å². The summed E-state index contributed by atoms with van der Waals surface area (Å²) in [5, 5.41) is 6.51. The molecule has 1 aromatic heterocycles. The first kappa shape index (κ1) is 24.0. The van der Waals surface area contributed by atoms with Crippen LogP contribution in [-0.2, 0) is 0 Å². The number of hydrogen-bond acceptors (Lipinski definition) is 4.